The lowest BCUT2D eigenvalue weighted by atomic mass is 10.2. The lowest BCUT2D eigenvalue weighted by Gasteiger charge is -2.16. The van der Waals surface area contributed by atoms with Gasteiger partial charge in [0.25, 0.3) is 5.69 Å². The fourth-order valence-electron chi connectivity index (χ4n) is 2.11. The number of carboxylic acid groups (broad SMARTS) is 1. The number of benzene rings is 1. The molecule has 0 aliphatic carbocycles. The number of carboxylic acids is 1. The van der Waals surface area contributed by atoms with E-state index in [1.165, 1.54) is 37.5 Å². The molecule has 0 amide bonds. The Hall–Kier alpha value is -2.72. The molecule has 128 valence electrons. The molecule has 0 unspecified atom stereocenters. The Morgan fingerprint density at radius 1 is 1.42 bits per heavy atom. The molecule has 0 saturated heterocycles. The molecular weight excluding hydrogens is 340 g/mol. The number of nitrogens with one attached hydrogen (secondary N) is 1. The second kappa shape index (κ2) is 6.81. The Labute approximate surface area is 137 Å². The molecule has 24 heavy (non-hydrogen) atoms. The Kier molecular flexibility index (Phi) is 5.00. The van der Waals surface area contributed by atoms with Crippen molar-refractivity contribution in [3.8, 4) is 0 Å². The Morgan fingerprint density at radius 3 is 2.67 bits per heavy atom. The average Bonchev–Trinajstić information content (AvgIpc) is 3.00. The molecule has 0 fully saturated rings. The van der Waals surface area contributed by atoms with Crippen LogP contribution in [0.3, 0.4) is 0 Å². The highest BCUT2D eigenvalue weighted by atomic mass is 32.2. The van der Waals surface area contributed by atoms with E-state index in [2.05, 4.69) is 4.72 Å². The molecule has 2 rings (SSSR count). The fourth-order valence-corrected chi connectivity index (χ4v) is 3.58. The van der Waals surface area contributed by atoms with E-state index in [1.807, 2.05) is 0 Å². The third-order valence-electron chi connectivity index (χ3n) is 3.23. The molecule has 0 aliphatic rings. The first-order valence-electron chi connectivity index (χ1n) is 6.73. The zero-order valence-electron chi connectivity index (χ0n) is 12.5. The van der Waals surface area contributed by atoms with Crippen molar-refractivity contribution in [2.75, 3.05) is 0 Å². The predicted molar refractivity (Wildman–Crippen MR) is 81.9 cm³/mol. The molecule has 1 heterocycles. The molecule has 1 aromatic carbocycles. The van der Waals surface area contributed by atoms with Crippen LogP contribution in [0.4, 0.5) is 5.69 Å². The Morgan fingerprint density at radius 2 is 2.12 bits per heavy atom. The van der Waals surface area contributed by atoms with Crippen LogP contribution in [0.25, 0.3) is 0 Å². The summed E-state index contributed by atoms with van der Waals surface area (Å²) >= 11 is 0. The largest absolute Gasteiger partial charge is 0.481 e. The predicted octanol–water partition coefficient (Wildman–Crippen LogP) is 1.99. The van der Waals surface area contributed by atoms with Gasteiger partial charge in [0.1, 0.15) is 5.76 Å². The van der Waals surface area contributed by atoms with Gasteiger partial charge in [0, 0.05) is 12.1 Å². The van der Waals surface area contributed by atoms with E-state index in [0.717, 1.165) is 6.07 Å². The van der Waals surface area contributed by atoms with Gasteiger partial charge < -0.3 is 9.52 Å². The van der Waals surface area contributed by atoms with Gasteiger partial charge in [-0.05, 0) is 24.6 Å². The molecule has 2 aromatic rings. The third-order valence-corrected chi connectivity index (χ3v) is 4.85. The SMILES string of the molecule is Cc1ccc([N+](=O)[O-])cc1S(=O)(=O)N[C@@H](CC(=O)O)c1ccco1. The van der Waals surface area contributed by atoms with Crippen LogP contribution in [0.1, 0.15) is 23.8 Å². The summed E-state index contributed by atoms with van der Waals surface area (Å²) in [4.78, 5) is 20.8. The number of nitro groups is 1. The van der Waals surface area contributed by atoms with Crippen molar-refractivity contribution >= 4 is 21.7 Å². The normalized spacial score (nSPS) is 12.7. The standard InChI is InChI=1S/C14H14N2O7S/c1-9-4-5-10(16(19)20)7-13(9)24(21,22)15-11(8-14(17)18)12-3-2-6-23-12/h2-7,11,15H,8H2,1H3,(H,17,18)/t11-/m0/s1. The van der Waals surface area contributed by atoms with Gasteiger partial charge in [-0.15, -0.1) is 0 Å². The summed E-state index contributed by atoms with van der Waals surface area (Å²) in [6.45, 7) is 1.48. The number of hydrogen-bond donors (Lipinski definition) is 2. The van der Waals surface area contributed by atoms with Crippen molar-refractivity contribution in [1.82, 2.24) is 4.72 Å². The van der Waals surface area contributed by atoms with E-state index in [0.29, 0.717) is 5.56 Å². The number of furan rings is 1. The van der Waals surface area contributed by atoms with Crippen LogP contribution in [-0.4, -0.2) is 24.4 Å². The van der Waals surface area contributed by atoms with Crippen molar-refractivity contribution in [2.24, 2.45) is 0 Å². The topological polar surface area (TPSA) is 140 Å². The first kappa shape index (κ1) is 17.6. The lowest BCUT2D eigenvalue weighted by molar-refractivity contribution is -0.385. The molecule has 0 saturated carbocycles. The Bertz CT molecular complexity index is 859. The van der Waals surface area contributed by atoms with Gasteiger partial charge in [0.2, 0.25) is 10.0 Å². The summed E-state index contributed by atoms with van der Waals surface area (Å²) in [6, 6.07) is 5.23. The lowest BCUT2D eigenvalue weighted by Crippen LogP contribution is -2.30. The van der Waals surface area contributed by atoms with Crippen molar-refractivity contribution < 1.29 is 27.7 Å². The summed E-state index contributed by atoms with van der Waals surface area (Å²) in [6.07, 6.45) is 0.748. The first-order valence-corrected chi connectivity index (χ1v) is 8.21. The summed E-state index contributed by atoms with van der Waals surface area (Å²) in [5, 5.41) is 19.8. The third kappa shape index (κ3) is 3.97. The summed E-state index contributed by atoms with van der Waals surface area (Å²) in [7, 11) is -4.20. The van der Waals surface area contributed by atoms with Crippen LogP contribution in [0.5, 0.6) is 0 Å². The molecule has 0 radical (unpaired) electrons. The fraction of sp³-hybridized carbons (Fsp3) is 0.214. The summed E-state index contributed by atoms with van der Waals surface area (Å²) < 4.78 is 32.4. The zero-order chi connectivity index (χ0) is 17.9. The number of aliphatic carboxylic acids is 1. The highest BCUT2D eigenvalue weighted by molar-refractivity contribution is 7.89. The van der Waals surface area contributed by atoms with Crippen LogP contribution in [0.2, 0.25) is 0 Å². The maximum absolute atomic E-state index is 12.5. The van der Waals surface area contributed by atoms with E-state index in [-0.39, 0.29) is 16.3 Å². The van der Waals surface area contributed by atoms with Gasteiger partial charge >= 0.3 is 5.97 Å². The van der Waals surface area contributed by atoms with Crippen molar-refractivity contribution in [3.63, 3.8) is 0 Å². The Balaban J connectivity index is 2.40. The minimum absolute atomic E-state index is 0.129. The molecule has 10 heteroatoms. The van der Waals surface area contributed by atoms with Gasteiger partial charge in [-0.25, -0.2) is 8.42 Å². The minimum atomic E-state index is -4.20. The molecule has 9 nitrogen and oxygen atoms in total. The van der Waals surface area contributed by atoms with E-state index < -0.39 is 33.4 Å². The minimum Gasteiger partial charge on any atom is -0.481 e. The van der Waals surface area contributed by atoms with E-state index in [4.69, 9.17) is 9.52 Å². The molecule has 1 aromatic heterocycles. The highest BCUT2D eigenvalue weighted by Crippen LogP contribution is 2.25. The number of rotatable bonds is 7. The van der Waals surface area contributed by atoms with Crippen LogP contribution < -0.4 is 4.72 Å². The van der Waals surface area contributed by atoms with Crippen molar-refractivity contribution in [1.29, 1.82) is 0 Å². The number of sulfonamides is 1. The van der Waals surface area contributed by atoms with E-state index in [1.54, 1.807) is 0 Å². The van der Waals surface area contributed by atoms with E-state index >= 15 is 0 Å². The number of non-ortho nitro benzene ring substituents is 1. The average molecular weight is 354 g/mol. The molecule has 0 bridgehead atoms. The summed E-state index contributed by atoms with van der Waals surface area (Å²) in [5.74, 6) is -1.10. The number of carbonyl (C=O) groups is 1. The zero-order valence-corrected chi connectivity index (χ0v) is 13.3. The van der Waals surface area contributed by atoms with Crippen molar-refractivity contribution in [2.45, 2.75) is 24.3 Å². The monoisotopic (exact) mass is 354 g/mol. The molecule has 1 atom stereocenters. The van der Waals surface area contributed by atoms with Gasteiger partial charge in [0.05, 0.1) is 28.5 Å². The van der Waals surface area contributed by atoms with Crippen LogP contribution >= 0.6 is 0 Å². The van der Waals surface area contributed by atoms with Crippen LogP contribution in [-0.2, 0) is 14.8 Å². The van der Waals surface area contributed by atoms with Gasteiger partial charge in [-0.2, -0.15) is 4.72 Å². The number of hydrogen-bond acceptors (Lipinski definition) is 6. The van der Waals surface area contributed by atoms with Gasteiger partial charge in [-0.3, -0.25) is 14.9 Å². The quantitative estimate of drug-likeness (QED) is 0.572. The highest BCUT2D eigenvalue weighted by Gasteiger charge is 2.27. The first-order chi connectivity index (χ1) is 11.2. The van der Waals surface area contributed by atoms with Gasteiger partial charge in [0.15, 0.2) is 0 Å². The second-order valence-corrected chi connectivity index (χ2v) is 6.68. The smallest absolute Gasteiger partial charge is 0.305 e. The number of aryl methyl sites for hydroxylation is 1. The van der Waals surface area contributed by atoms with Crippen molar-refractivity contribution in [3.05, 3.63) is 58.0 Å². The maximum Gasteiger partial charge on any atom is 0.305 e. The van der Waals surface area contributed by atoms with Crippen LogP contribution in [0, 0.1) is 17.0 Å². The molecular formula is C14H14N2O7S. The maximum atomic E-state index is 12.5. The summed E-state index contributed by atoms with van der Waals surface area (Å²) in [5.41, 5.74) is -0.0876. The molecule has 2 N–H and O–H groups in total. The van der Waals surface area contributed by atoms with Gasteiger partial charge in [-0.1, -0.05) is 6.07 Å². The number of nitrogens with zero attached hydrogens (tertiary/aromatic N) is 1. The second-order valence-electron chi connectivity index (χ2n) is 4.99. The number of nitro benzene ring substituents is 1. The molecule has 0 spiro atoms. The molecule has 0 aliphatic heterocycles. The van der Waals surface area contributed by atoms with E-state index in [9.17, 15) is 23.3 Å². The van der Waals surface area contributed by atoms with Crippen LogP contribution in [0.15, 0.2) is 45.9 Å².